The highest BCUT2D eigenvalue weighted by Crippen LogP contribution is 2.25. The molecule has 2 rings (SSSR count). The van der Waals surface area contributed by atoms with Crippen LogP contribution in [0.3, 0.4) is 0 Å². The first kappa shape index (κ1) is 16.6. The van der Waals surface area contributed by atoms with Gasteiger partial charge in [0.25, 0.3) is 5.91 Å². The van der Waals surface area contributed by atoms with E-state index in [-0.39, 0.29) is 18.1 Å². The van der Waals surface area contributed by atoms with E-state index in [4.69, 9.17) is 27.9 Å². The number of rotatable bonds is 4. The maximum atomic E-state index is 12.4. The summed E-state index contributed by atoms with van der Waals surface area (Å²) in [5.74, 6) is -0.177. The molecule has 1 aliphatic heterocycles. The third-order valence-electron chi connectivity index (χ3n) is 3.69. The molecule has 0 saturated carbocycles. The van der Waals surface area contributed by atoms with E-state index >= 15 is 0 Å². The Hall–Kier alpha value is -0.810. The predicted octanol–water partition coefficient (Wildman–Crippen LogP) is 2.75. The summed E-state index contributed by atoms with van der Waals surface area (Å²) in [6, 6.07) is 3.26. The van der Waals surface area contributed by atoms with E-state index in [1.165, 1.54) is 0 Å². The molecule has 1 heterocycles. The first-order valence-corrected chi connectivity index (χ1v) is 7.74. The summed E-state index contributed by atoms with van der Waals surface area (Å²) in [5, 5.41) is 4.01. The molecule has 1 aliphatic rings. The van der Waals surface area contributed by atoms with E-state index in [0.29, 0.717) is 22.2 Å². The Morgan fingerprint density at radius 3 is 2.57 bits per heavy atom. The van der Waals surface area contributed by atoms with E-state index in [1.807, 2.05) is 20.9 Å². The summed E-state index contributed by atoms with van der Waals surface area (Å²) >= 11 is 12.2. The molecule has 0 aliphatic carbocycles. The summed E-state index contributed by atoms with van der Waals surface area (Å²) in [5.41, 5.74) is 1.25. The van der Waals surface area contributed by atoms with Gasteiger partial charge in [0.05, 0.1) is 12.1 Å². The fraction of sp³-hybridized carbons (Fsp3) is 0.533. The fourth-order valence-corrected chi connectivity index (χ4v) is 3.00. The van der Waals surface area contributed by atoms with E-state index in [0.717, 1.165) is 18.7 Å². The molecule has 1 fully saturated rings. The summed E-state index contributed by atoms with van der Waals surface area (Å²) in [6.07, 6.45) is 0.0142. The highest BCUT2D eigenvalue weighted by Gasteiger charge is 2.32. The molecule has 1 amide bonds. The Labute approximate surface area is 135 Å². The number of nitrogens with zero attached hydrogens (tertiary/aromatic N) is 1. The molecule has 4 nitrogen and oxygen atoms in total. The van der Waals surface area contributed by atoms with Gasteiger partial charge in [-0.05, 0) is 38.6 Å². The fourth-order valence-electron chi connectivity index (χ4n) is 2.51. The molecule has 0 bridgehead atoms. The second-order valence-corrected chi connectivity index (χ2v) is 6.17. The number of likely N-dealkylation sites (tertiary alicyclic amines) is 1. The van der Waals surface area contributed by atoms with Crippen molar-refractivity contribution in [3.63, 3.8) is 0 Å². The summed E-state index contributed by atoms with van der Waals surface area (Å²) in [7, 11) is 2.01. The number of hydrogen-bond acceptors (Lipinski definition) is 3. The van der Waals surface area contributed by atoms with Crippen LogP contribution in [0.2, 0.25) is 10.0 Å². The van der Waals surface area contributed by atoms with Crippen molar-refractivity contribution in [2.24, 2.45) is 0 Å². The molecule has 0 aromatic heterocycles. The Bertz CT molecular complexity index is 513. The number of amides is 1. The van der Waals surface area contributed by atoms with Crippen LogP contribution in [-0.4, -0.2) is 49.7 Å². The smallest absolute Gasteiger partial charge is 0.251 e. The first-order valence-electron chi connectivity index (χ1n) is 6.99. The van der Waals surface area contributed by atoms with Crippen molar-refractivity contribution in [2.45, 2.75) is 26.0 Å². The maximum Gasteiger partial charge on any atom is 0.251 e. The minimum Gasteiger partial charge on any atom is -0.375 e. The number of likely N-dealkylation sites (N-methyl/N-ethyl adjacent to an activating group) is 1. The van der Waals surface area contributed by atoms with Crippen LogP contribution in [0, 0.1) is 6.92 Å². The van der Waals surface area contributed by atoms with Crippen LogP contribution in [0.15, 0.2) is 12.1 Å². The van der Waals surface area contributed by atoms with Gasteiger partial charge in [0, 0.05) is 35.3 Å². The van der Waals surface area contributed by atoms with E-state index in [9.17, 15) is 4.79 Å². The van der Waals surface area contributed by atoms with Crippen LogP contribution in [0.25, 0.3) is 0 Å². The third kappa shape index (κ3) is 3.89. The monoisotopic (exact) mass is 330 g/mol. The van der Waals surface area contributed by atoms with Crippen molar-refractivity contribution in [3.05, 3.63) is 33.3 Å². The van der Waals surface area contributed by atoms with E-state index in [2.05, 4.69) is 10.2 Å². The van der Waals surface area contributed by atoms with Crippen LogP contribution in [-0.2, 0) is 4.74 Å². The quantitative estimate of drug-likeness (QED) is 0.922. The third-order valence-corrected chi connectivity index (χ3v) is 4.47. The normalized spacial score (nSPS) is 22.5. The molecular weight excluding hydrogens is 311 g/mol. The molecule has 0 unspecified atom stereocenters. The minimum absolute atomic E-state index is 0.0142. The lowest BCUT2D eigenvalue weighted by atomic mass is 10.1. The number of hydrogen-bond donors (Lipinski definition) is 1. The van der Waals surface area contributed by atoms with Gasteiger partial charge in [-0.3, -0.25) is 4.79 Å². The highest BCUT2D eigenvalue weighted by molar-refractivity contribution is 6.36. The number of carbonyl (C=O) groups is 1. The van der Waals surface area contributed by atoms with Gasteiger partial charge >= 0.3 is 0 Å². The average molecular weight is 331 g/mol. The number of benzene rings is 1. The zero-order valence-corrected chi connectivity index (χ0v) is 14.0. The van der Waals surface area contributed by atoms with Crippen molar-refractivity contribution in [1.82, 2.24) is 10.2 Å². The van der Waals surface area contributed by atoms with Gasteiger partial charge in [-0.15, -0.1) is 0 Å². The molecule has 1 aromatic rings. The first-order chi connectivity index (χ1) is 9.92. The number of halogens is 2. The molecule has 2 atom stereocenters. The summed E-state index contributed by atoms with van der Waals surface area (Å²) in [4.78, 5) is 14.5. The largest absolute Gasteiger partial charge is 0.375 e. The van der Waals surface area contributed by atoms with E-state index in [1.54, 1.807) is 12.1 Å². The number of nitrogens with one attached hydrogen (secondary N) is 1. The zero-order chi connectivity index (χ0) is 15.6. The molecule has 1 saturated heterocycles. The van der Waals surface area contributed by atoms with Crippen LogP contribution in [0.5, 0.6) is 0 Å². The van der Waals surface area contributed by atoms with Gasteiger partial charge in [-0.1, -0.05) is 23.2 Å². The molecule has 6 heteroatoms. The number of ether oxygens (including phenoxy) is 1. The molecule has 21 heavy (non-hydrogen) atoms. The van der Waals surface area contributed by atoms with Gasteiger partial charge in [0.15, 0.2) is 0 Å². The van der Waals surface area contributed by atoms with Gasteiger partial charge in [-0.2, -0.15) is 0 Å². The second kappa shape index (κ2) is 6.97. The van der Waals surface area contributed by atoms with Crippen molar-refractivity contribution >= 4 is 29.1 Å². The summed E-state index contributed by atoms with van der Waals surface area (Å²) in [6.45, 7) is 5.99. The van der Waals surface area contributed by atoms with Gasteiger partial charge in [0.2, 0.25) is 0 Å². The van der Waals surface area contributed by atoms with Crippen molar-refractivity contribution in [2.75, 3.05) is 26.7 Å². The van der Waals surface area contributed by atoms with Crippen molar-refractivity contribution < 1.29 is 9.53 Å². The SMILES string of the molecule is CCO[C@H]1CN(C)C[C@@H]1NC(=O)c1cc(Cl)c(C)c(Cl)c1. The molecule has 116 valence electrons. The van der Waals surface area contributed by atoms with Gasteiger partial charge in [0.1, 0.15) is 0 Å². The van der Waals surface area contributed by atoms with Gasteiger partial charge < -0.3 is 15.0 Å². The lowest BCUT2D eigenvalue weighted by Crippen LogP contribution is -2.44. The molecule has 0 spiro atoms. The Morgan fingerprint density at radius 2 is 2.00 bits per heavy atom. The summed E-state index contributed by atoms with van der Waals surface area (Å²) < 4.78 is 5.68. The van der Waals surface area contributed by atoms with Crippen LogP contribution in [0.4, 0.5) is 0 Å². The number of carbonyl (C=O) groups excluding carboxylic acids is 1. The molecule has 0 radical (unpaired) electrons. The van der Waals surface area contributed by atoms with E-state index < -0.39 is 0 Å². The van der Waals surface area contributed by atoms with Crippen LogP contribution < -0.4 is 5.32 Å². The standard InChI is InChI=1S/C15H20Cl2N2O2/c1-4-21-14-8-19(3)7-13(14)18-15(20)10-5-11(16)9(2)12(17)6-10/h5-6,13-14H,4,7-8H2,1-3H3,(H,18,20)/t13-,14-/m0/s1. The highest BCUT2D eigenvalue weighted by atomic mass is 35.5. The van der Waals surface area contributed by atoms with Crippen LogP contribution >= 0.6 is 23.2 Å². The Balaban J connectivity index is 2.10. The zero-order valence-electron chi connectivity index (χ0n) is 12.5. The maximum absolute atomic E-state index is 12.4. The molecule has 1 aromatic carbocycles. The second-order valence-electron chi connectivity index (χ2n) is 5.36. The predicted molar refractivity (Wildman–Crippen MR) is 85.4 cm³/mol. The lowest BCUT2D eigenvalue weighted by molar-refractivity contribution is 0.0513. The lowest BCUT2D eigenvalue weighted by Gasteiger charge is -2.20. The minimum atomic E-state index is -0.177. The Morgan fingerprint density at radius 1 is 1.38 bits per heavy atom. The van der Waals surface area contributed by atoms with Crippen molar-refractivity contribution in [3.8, 4) is 0 Å². The van der Waals surface area contributed by atoms with Gasteiger partial charge in [-0.25, -0.2) is 0 Å². The van der Waals surface area contributed by atoms with Crippen LogP contribution in [0.1, 0.15) is 22.8 Å². The Kier molecular flexibility index (Phi) is 5.49. The average Bonchev–Trinajstić information content (AvgIpc) is 2.75. The topological polar surface area (TPSA) is 41.6 Å². The molecular formula is C15H20Cl2N2O2. The van der Waals surface area contributed by atoms with Crippen molar-refractivity contribution in [1.29, 1.82) is 0 Å². The molecule has 1 N–H and O–H groups in total.